The van der Waals surface area contributed by atoms with E-state index in [1.54, 1.807) is 12.5 Å². The topological polar surface area (TPSA) is 104 Å². The Kier molecular flexibility index (Phi) is 3.44. The molecule has 0 saturated heterocycles. The Labute approximate surface area is 99.6 Å². The second-order valence-corrected chi connectivity index (χ2v) is 4.60. The van der Waals surface area contributed by atoms with E-state index in [2.05, 4.69) is 15.3 Å². The number of hydrogen-bond donors (Lipinski definition) is 4. The van der Waals surface area contributed by atoms with Crippen molar-refractivity contribution in [2.75, 3.05) is 13.2 Å². The molecule has 0 aromatic carbocycles. The first-order valence-corrected chi connectivity index (χ1v) is 5.80. The number of rotatable bonds is 6. The zero-order valence-corrected chi connectivity index (χ0v) is 9.65. The number of H-pyrrole nitrogens is 1. The number of carbonyl (C=O) groups excluding carboxylic acids is 1. The quantitative estimate of drug-likeness (QED) is 0.519. The van der Waals surface area contributed by atoms with Crippen molar-refractivity contribution in [1.29, 1.82) is 0 Å². The van der Waals surface area contributed by atoms with E-state index in [4.69, 9.17) is 5.73 Å². The lowest BCUT2D eigenvalue weighted by atomic mass is 10.1. The maximum Gasteiger partial charge on any atom is 0.227 e. The van der Waals surface area contributed by atoms with Gasteiger partial charge in [0.1, 0.15) is 0 Å². The number of carbonyl (C=O) groups is 1. The third-order valence-corrected chi connectivity index (χ3v) is 3.29. The number of aliphatic hydroxyl groups excluding tert-OH is 1. The van der Waals surface area contributed by atoms with E-state index in [0.29, 0.717) is 13.0 Å². The van der Waals surface area contributed by atoms with Crippen LogP contribution in [0.5, 0.6) is 0 Å². The van der Waals surface area contributed by atoms with Crippen molar-refractivity contribution in [1.82, 2.24) is 15.3 Å². The number of hydrogen-bond acceptors (Lipinski definition) is 4. The molecule has 0 aliphatic heterocycles. The van der Waals surface area contributed by atoms with E-state index in [-0.39, 0.29) is 24.0 Å². The second-order valence-electron chi connectivity index (χ2n) is 4.60. The Balaban J connectivity index is 1.89. The maximum atomic E-state index is 11.9. The fourth-order valence-electron chi connectivity index (χ4n) is 1.83. The number of nitrogens with one attached hydrogen (secondary N) is 2. The van der Waals surface area contributed by atoms with Crippen LogP contribution in [0, 0.1) is 5.41 Å². The van der Waals surface area contributed by atoms with Crippen LogP contribution in [0.25, 0.3) is 0 Å². The highest BCUT2D eigenvalue weighted by molar-refractivity contribution is 5.85. The normalized spacial score (nSPS) is 18.7. The van der Waals surface area contributed by atoms with Crippen LogP contribution in [0.3, 0.4) is 0 Å². The standard InChI is InChI=1S/C11H18N4O2/c12-6-11(1-2-11)10(17)15-9(5-16)3-8-4-13-7-14-8/h4,7,9,16H,1-3,5-6,12H2,(H,13,14)(H,15,17)/t9-/m0/s1. The highest BCUT2D eigenvalue weighted by Crippen LogP contribution is 2.44. The molecular formula is C11H18N4O2. The van der Waals surface area contributed by atoms with Gasteiger partial charge in [-0.25, -0.2) is 4.98 Å². The number of imidazole rings is 1. The lowest BCUT2D eigenvalue weighted by Gasteiger charge is -2.19. The molecule has 6 nitrogen and oxygen atoms in total. The minimum atomic E-state index is -0.376. The van der Waals surface area contributed by atoms with Crippen LogP contribution in [0.1, 0.15) is 18.5 Å². The fraction of sp³-hybridized carbons (Fsp3) is 0.636. The van der Waals surface area contributed by atoms with Gasteiger partial charge in [0, 0.05) is 19.2 Å². The average Bonchev–Trinajstić information content (AvgIpc) is 2.99. The summed E-state index contributed by atoms with van der Waals surface area (Å²) in [7, 11) is 0. The summed E-state index contributed by atoms with van der Waals surface area (Å²) in [6.07, 6.45) is 5.54. The molecule has 1 aliphatic rings. The molecule has 6 heteroatoms. The molecule has 1 amide bonds. The van der Waals surface area contributed by atoms with Crippen LogP contribution in [-0.4, -0.2) is 40.2 Å². The molecule has 0 radical (unpaired) electrons. The molecule has 0 bridgehead atoms. The molecule has 1 aromatic rings. The molecule has 94 valence electrons. The van der Waals surface area contributed by atoms with Crippen molar-refractivity contribution in [3.05, 3.63) is 18.2 Å². The number of amides is 1. The van der Waals surface area contributed by atoms with Gasteiger partial charge in [0.15, 0.2) is 0 Å². The van der Waals surface area contributed by atoms with E-state index in [0.717, 1.165) is 18.5 Å². The van der Waals surface area contributed by atoms with Crippen LogP contribution in [0.15, 0.2) is 12.5 Å². The minimum Gasteiger partial charge on any atom is -0.394 e. The summed E-state index contributed by atoms with van der Waals surface area (Å²) in [5, 5.41) is 12.1. The van der Waals surface area contributed by atoms with Crippen molar-refractivity contribution in [2.24, 2.45) is 11.1 Å². The molecule has 1 aliphatic carbocycles. The van der Waals surface area contributed by atoms with E-state index >= 15 is 0 Å². The van der Waals surface area contributed by atoms with Crippen molar-refractivity contribution in [3.8, 4) is 0 Å². The molecule has 1 saturated carbocycles. The van der Waals surface area contributed by atoms with Gasteiger partial charge in [-0.2, -0.15) is 0 Å². The predicted octanol–water partition coefficient (Wildman–Crippen LogP) is -0.832. The van der Waals surface area contributed by atoms with Crippen LogP contribution < -0.4 is 11.1 Å². The van der Waals surface area contributed by atoms with Gasteiger partial charge in [0.25, 0.3) is 0 Å². The Morgan fingerprint density at radius 3 is 2.94 bits per heavy atom. The molecule has 5 N–H and O–H groups in total. The minimum absolute atomic E-state index is 0.0467. The maximum absolute atomic E-state index is 11.9. The first kappa shape index (κ1) is 12.1. The van der Waals surface area contributed by atoms with Gasteiger partial charge in [-0.15, -0.1) is 0 Å². The second kappa shape index (κ2) is 4.85. The van der Waals surface area contributed by atoms with Gasteiger partial charge in [0.05, 0.1) is 30.1 Å². The summed E-state index contributed by atoms with van der Waals surface area (Å²) in [5.41, 5.74) is 6.03. The molecule has 17 heavy (non-hydrogen) atoms. The van der Waals surface area contributed by atoms with Crippen molar-refractivity contribution >= 4 is 5.91 Å². The number of nitrogens with zero attached hydrogens (tertiary/aromatic N) is 1. The molecule has 0 unspecified atom stereocenters. The fourth-order valence-corrected chi connectivity index (χ4v) is 1.83. The summed E-state index contributed by atoms with van der Waals surface area (Å²) >= 11 is 0. The van der Waals surface area contributed by atoms with E-state index in [1.807, 2.05) is 0 Å². The van der Waals surface area contributed by atoms with Crippen molar-refractivity contribution in [3.63, 3.8) is 0 Å². The third-order valence-electron chi connectivity index (χ3n) is 3.29. The van der Waals surface area contributed by atoms with Gasteiger partial charge in [0.2, 0.25) is 5.91 Å². The smallest absolute Gasteiger partial charge is 0.227 e. The van der Waals surface area contributed by atoms with Crippen molar-refractivity contribution in [2.45, 2.75) is 25.3 Å². The zero-order chi connectivity index (χ0) is 12.3. The Morgan fingerprint density at radius 1 is 1.71 bits per heavy atom. The Hall–Kier alpha value is -1.40. The SMILES string of the molecule is NCC1(C(=O)N[C@H](CO)Cc2c[nH]cn2)CC1. The summed E-state index contributed by atoms with van der Waals surface area (Å²) < 4.78 is 0. The lowest BCUT2D eigenvalue weighted by molar-refractivity contribution is -0.127. The van der Waals surface area contributed by atoms with E-state index < -0.39 is 0 Å². The lowest BCUT2D eigenvalue weighted by Crippen LogP contribution is -2.45. The third kappa shape index (κ3) is 2.65. The molecule has 1 aromatic heterocycles. The van der Waals surface area contributed by atoms with Crippen LogP contribution >= 0.6 is 0 Å². The molecule has 2 rings (SSSR count). The monoisotopic (exact) mass is 238 g/mol. The summed E-state index contributed by atoms with van der Waals surface area (Å²) in [4.78, 5) is 18.8. The van der Waals surface area contributed by atoms with E-state index in [9.17, 15) is 9.90 Å². The molecular weight excluding hydrogens is 220 g/mol. The average molecular weight is 238 g/mol. The number of aliphatic hydroxyl groups is 1. The van der Waals surface area contributed by atoms with Gasteiger partial charge in [-0.3, -0.25) is 4.79 Å². The van der Waals surface area contributed by atoms with Gasteiger partial charge in [-0.1, -0.05) is 0 Å². The van der Waals surface area contributed by atoms with Crippen LogP contribution in [-0.2, 0) is 11.2 Å². The number of aromatic nitrogens is 2. The summed E-state index contributed by atoms with van der Waals surface area (Å²) in [6.45, 7) is 0.276. The first-order chi connectivity index (χ1) is 8.20. The highest BCUT2D eigenvalue weighted by Gasteiger charge is 2.48. The first-order valence-electron chi connectivity index (χ1n) is 5.80. The summed E-state index contributed by atoms with van der Waals surface area (Å²) in [6, 6.07) is -0.296. The molecule has 0 spiro atoms. The van der Waals surface area contributed by atoms with Crippen molar-refractivity contribution < 1.29 is 9.90 Å². The Morgan fingerprint density at radius 2 is 2.47 bits per heavy atom. The van der Waals surface area contributed by atoms with Gasteiger partial charge < -0.3 is 21.1 Å². The van der Waals surface area contributed by atoms with Gasteiger partial charge >= 0.3 is 0 Å². The predicted molar refractivity (Wildman–Crippen MR) is 62.0 cm³/mol. The van der Waals surface area contributed by atoms with Crippen LogP contribution in [0.4, 0.5) is 0 Å². The largest absolute Gasteiger partial charge is 0.394 e. The summed E-state index contributed by atoms with van der Waals surface area (Å²) in [5.74, 6) is -0.0467. The van der Waals surface area contributed by atoms with Crippen LogP contribution in [0.2, 0.25) is 0 Å². The number of nitrogens with two attached hydrogens (primary N) is 1. The number of aromatic amines is 1. The molecule has 1 fully saturated rings. The Bertz CT molecular complexity index is 373. The van der Waals surface area contributed by atoms with Gasteiger partial charge in [-0.05, 0) is 12.8 Å². The molecule has 1 atom stereocenters. The highest BCUT2D eigenvalue weighted by atomic mass is 16.3. The molecule has 1 heterocycles. The van der Waals surface area contributed by atoms with E-state index in [1.165, 1.54) is 0 Å². The zero-order valence-electron chi connectivity index (χ0n) is 9.65.